The first-order valence-corrected chi connectivity index (χ1v) is 7.72. The summed E-state index contributed by atoms with van der Waals surface area (Å²) in [5.74, 6) is 0.216. The second kappa shape index (κ2) is 5.05. The van der Waals surface area contributed by atoms with Gasteiger partial charge in [0.15, 0.2) is 0 Å². The monoisotopic (exact) mass is 334 g/mol. The fourth-order valence-electron chi connectivity index (χ4n) is 2.70. The van der Waals surface area contributed by atoms with E-state index in [1.54, 1.807) is 0 Å². The molecule has 0 radical (unpaired) electrons. The zero-order chi connectivity index (χ0) is 14.3. The van der Waals surface area contributed by atoms with Gasteiger partial charge in [0, 0.05) is 23.8 Å². The van der Waals surface area contributed by atoms with E-state index in [1.807, 2.05) is 27.8 Å². The number of carbonyl (C=O) groups excluding carboxylic acids is 2. The number of ketones is 2. The maximum Gasteiger partial charge on any atom is 0.204 e. The van der Waals surface area contributed by atoms with Gasteiger partial charge in [-0.2, -0.15) is 0 Å². The molecule has 0 saturated carbocycles. The summed E-state index contributed by atoms with van der Waals surface area (Å²) < 4.78 is 1.84. The van der Waals surface area contributed by atoms with Gasteiger partial charge >= 0.3 is 0 Å². The van der Waals surface area contributed by atoms with Crippen molar-refractivity contribution < 1.29 is 9.59 Å². The van der Waals surface area contributed by atoms with E-state index in [1.165, 1.54) is 12.2 Å². The molecule has 1 aliphatic heterocycles. The van der Waals surface area contributed by atoms with Crippen LogP contribution in [-0.2, 0) is 16.1 Å². The number of rotatable bonds is 3. The van der Waals surface area contributed by atoms with Crippen LogP contribution in [0, 0.1) is 5.92 Å². The Morgan fingerprint density at radius 1 is 1.25 bits per heavy atom. The van der Waals surface area contributed by atoms with Crippen molar-refractivity contribution in [3.8, 4) is 0 Å². The fraction of sp³-hybridized carbons (Fsp3) is 0.333. The largest absolute Gasteiger partial charge is 0.360 e. The molecule has 1 aromatic heterocycles. The van der Waals surface area contributed by atoms with Gasteiger partial charge < -0.3 is 9.47 Å². The maximum absolute atomic E-state index is 12.2. The van der Waals surface area contributed by atoms with E-state index in [0.29, 0.717) is 23.9 Å². The molecule has 0 amide bonds. The number of hydrogen-bond acceptors (Lipinski definition) is 3. The molecule has 0 N–H and O–H groups in total. The summed E-state index contributed by atoms with van der Waals surface area (Å²) in [6, 6.07) is 3.90. The Hall–Kier alpha value is -1.62. The number of aromatic nitrogens is 1. The smallest absolute Gasteiger partial charge is 0.204 e. The molecule has 0 spiro atoms. The van der Waals surface area contributed by atoms with Crippen LogP contribution in [-0.4, -0.2) is 32.9 Å². The first-order chi connectivity index (χ1) is 9.61. The Labute approximate surface area is 125 Å². The van der Waals surface area contributed by atoms with Crippen molar-refractivity contribution in [2.75, 3.05) is 11.9 Å². The second-order valence-corrected chi connectivity index (χ2v) is 5.92. The lowest BCUT2D eigenvalue weighted by Gasteiger charge is -2.35. The molecule has 20 heavy (non-hydrogen) atoms. The van der Waals surface area contributed by atoms with E-state index < -0.39 is 0 Å². The van der Waals surface area contributed by atoms with Gasteiger partial charge in [-0.3, -0.25) is 9.59 Å². The average molecular weight is 335 g/mol. The second-order valence-electron chi connectivity index (χ2n) is 5.27. The Kier molecular flexibility index (Phi) is 3.38. The quantitative estimate of drug-likeness (QED) is 0.628. The Bertz CT molecular complexity index is 642. The van der Waals surface area contributed by atoms with Crippen molar-refractivity contribution in [2.24, 2.45) is 5.92 Å². The van der Waals surface area contributed by atoms with Crippen molar-refractivity contribution >= 4 is 33.2 Å². The molecular formula is C15H15BrN2O2. The third-order valence-corrected chi connectivity index (χ3v) is 4.72. The number of nitrogens with zero attached hydrogens (tertiary/aromatic N) is 2. The summed E-state index contributed by atoms with van der Waals surface area (Å²) >= 11 is 3.47. The van der Waals surface area contributed by atoms with Gasteiger partial charge in [0.05, 0.1) is 6.54 Å². The van der Waals surface area contributed by atoms with Gasteiger partial charge in [-0.25, -0.2) is 0 Å². The van der Waals surface area contributed by atoms with Crippen LogP contribution in [0.2, 0.25) is 0 Å². The molecule has 1 unspecified atom stereocenters. The van der Waals surface area contributed by atoms with Crippen LogP contribution in [0.25, 0.3) is 5.70 Å². The predicted octanol–water partition coefficient (Wildman–Crippen LogP) is 2.21. The highest BCUT2D eigenvalue weighted by Gasteiger charge is 2.33. The summed E-state index contributed by atoms with van der Waals surface area (Å²) in [6.45, 7) is 3.53. The number of halogens is 1. The summed E-state index contributed by atoms with van der Waals surface area (Å²) in [6.07, 6.45) is 4.59. The third kappa shape index (κ3) is 2.06. The summed E-state index contributed by atoms with van der Waals surface area (Å²) in [5.41, 5.74) is 2.07. The van der Waals surface area contributed by atoms with Crippen molar-refractivity contribution in [2.45, 2.75) is 13.5 Å². The molecule has 0 aromatic carbocycles. The molecular weight excluding hydrogens is 320 g/mol. The molecule has 1 aliphatic carbocycles. The fourth-order valence-corrected chi connectivity index (χ4v) is 2.90. The highest BCUT2D eigenvalue weighted by molar-refractivity contribution is 9.09. The highest BCUT2D eigenvalue weighted by atomic mass is 79.9. The van der Waals surface area contributed by atoms with Crippen LogP contribution in [0.3, 0.4) is 0 Å². The first kappa shape index (κ1) is 13.4. The number of carbonyl (C=O) groups is 2. The molecule has 0 bridgehead atoms. The van der Waals surface area contributed by atoms with E-state index in [0.717, 1.165) is 17.6 Å². The average Bonchev–Trinajstić information content (AvgIpc) is 2.90. The number of alkyl halides is 1. The van der Waals surface area contributed by atoms with Crippen LogP contribution in [0.1, 0.15) is 12.6 Å². The lowest BCUT2D eigenvalue weighted by atomic mass is 10.0. The van der Waals surface area contributed by atoms with E-state index in [2.05, 4.69) is 22.9 Å². The SMILES string of the molecule is CC(CBr)CN1Cc2cccn2C2=C1C(=O)C=CC2=O. The molecule has 5 heteroatoms. The Balaban J connectivity index is 2.09. The van der Waals surface area contributed by atoms with Gasteiger partial charge in [0.25, 0.3) is 0 Å². The maximum atomic E-state index is 12.2. The lowest BCUT2D eigenvalue weighted by molar-refractivity contribution is -0.115. The molecule has 1 atom stereocenters. The minimum atomic E-state index is -0.103. The molecule has 0 saturated heterocycles. The normalized spacial score (nSPS) is 19.2. The van der Waals surface area contributed by atoms with Gasteiger partial charge in [-0.1, -0.05) is 22.9 Å². The molecule has 3 rings (SSSR count). The lowest BCUT2D eigenvalue weighted by Crippen LogP contribution is -2.39. The van der Waals surface area contributed by atoms with Crippen molar-refractivity contribution in [1.29, 1.82) is 0 Å². The van der Waals surface area contributed by atoms with Crippen LogP contribution < -0.4 is 0 Å². The Morgan fingerprint density at radius 2 is 1.95 bits per heavy atom. The van der Waals surface area contributed by atoms with Gasteiger partial charge in [-0.15, -0.1) is 0 Å². The van der Waals surface area contributed by atoms with E-state index in [-0.39, 0.29) is 11.6 Å². The van der Waals surface area contributed by atoms with E-state index in [4.69, 9.17) is 0 Å². The number of allylic oxidation sites excluding steroid dienone is 3. The van der Waals surface area contributed by atoms with E-state index >= 15 is 0 Å². The minimum absolute atomic E-state index is 0.0827. The van der Waals surface area contributed by atoms with Gasteiger partial charge in [-0.05, 0) is 30.2 Å². The van der Waals surface area contributed by atoms with E-state index in [9.17, 15) is 9.59 Å². The summed E-state index contributed by atoms with van der Waals surface area (Å²) in [7, 11) is 0. The molecule has 2 heterocycles. The summed E-state index contributed by atoms with van der Waals surface area (Å²) in [4.78, 5) is 26.4. The molecule has 104 valence electrons. The molecule has 4 nitrogen and oxygen atoms in total. The van der Waals surface area contributed by atoms with Gasteiger partial charge in [0.1, 0.15) is 11.4 Å². The zero-order valence-electron chi connectivity index (χ0n) is 11.2. The third-order valence-electron chi connectivity index (χ3n) is 3.62. The van der Waals surface area contributed by atoms with Gasteiger partial charge in [0.2, 0.25) is 11.6 Å². The molecule has 2 aliphatic rings. The number of fused-ring (bicyclic) bond motifs is 2. The standard InChI is InChI=1S/C15H15BrN2O2/c1-10(7-16)8-17-9-11-3-2-6-18(11)15-13(20)5-4-12(19)14(15)17/h2-6,10H,7-9H2,1H3. The van der Waals surface area contributed by atoms with Crippen LogP contribution in [0.4, 0.5) is 0 Å². The Morgan fingerprint density at radius 3 is 2.65 bits per heavy atom. The van der Waals surface area contributed by atoms with Crippen molar-refractivity contribution in [3.05, 3.63) is 41.9 Å². The molecule has 1 aromatic rings. The minimum Gasteiger partial charge on any atom is -0.360 e. The van der Waals surface area contributed by atoms with Crippen LogP contribution in [0.15, 0.2) is 36.2 Å². The van der Waals surface area contributed by atoms with Crippen LogP contribution >= 0.6 is 15.9 Å². The van der Waals surface area contributed by atoms with Crippen molar-refractivity contribution in [3.63, 3.8) is 0 Å². The van der Waals surface area contributed by atoms with Crippen LogP contribution in [0.5, 0.6) is 0 Å². The molecule has 0 fully saturated rings. The first-order valence-electron chi connectivity index (χ1n) is 6.60. The topological polar surface area (TPSA) is 42.3 Å². The zero-order valence-corrected chi connectivity index (χ0v) is 12.8. The number of hydrogen-bond donors (Lipinski definition) is 0. The summed E-state index contributed by atoms with van der Waals surface area (Å²) in [5, 5.41) is 0.866. The predicted molar refractivity (Wildman–Crippen MR) is 80.2 cm³/mol. The van der Waals surface area contributed by atoms with Crippen molar-refractivity contribution in [1.82, 2.24) is 9.47 Å². The highest BCUT2D eigenvalue weighted by Crippen LogP contribution is 2.31.